The summed E-state index contributed by atoms with van der Waals surface area (Å²) in [4.78, 5) is 24.4. The maximum atomic E-state index is 12.0. The van der Waals surface area contributed by atoms with E-state index in [1.54, 1.807) is 15.8 Å². The molecule has 0 aromatic carbocycles. The zero-order valence-electron chi connectivity index (χ0n) is 11.4. The molecule has 0 bridgehead atoms. The topological polar surface area (TPSA) is 100 Å². The van der Waals surface area contributed by atoms with Crippen LogP contribution in [-0.2, 0) is 18.4 Å². The molecule has 20 heavy (non-hydrogen) atoms. The Labute approximate surface area is 116 Å². The minimum absolute atomic E-state index is 0.0434. The summed E-state index contributed by atoms with van der Waals surface area (Å²) in [6, 6.07) is -0.178. The van der Waals surface area contributed by atoms with Gasteiger partial charge in [0.2, 0.25) is 0 Å². The number of carbonyl (C=O) groups excluding carboxylic acids is 1. The Kier molecular flexibility index (Phi) is 4.54. The van der Waals surface area contributed by atoms with E-state index < -0.39 is 5.97 Å². The number of carboxylic acids is 1. The lowest BCUT2D eigenvalue weighted by Crippen LogP contribution is -2.45. The molecule has 1 aliphatic rings. The van der Waals surface area contributed by atoms with Crippen LogP contribution in [0.25, 0.3) is 0 Å². The lowest BCUT2D eigenvalue weighted by molar-refractivity contribution is -0.138. The maximum absolute atomic E-state index is 12.0. The fourth-order valence-electron chi connectivity index (χ4n) is 2.40. The van der Waals surface area contributed by atoms with E-state index in [2.05, 4.69) is 15.5 Å². The molecule has 2 N–H and O–H groups in total. The molecule has 1 saturated heterocycles. The Morgan fingerprint density at radius 3 is 3.00 bits per heavy atom. The summed E-state index contributed by atoms with van der Waals surface area (Å²) in [5.74, 6) is -0.0874. The second-order valence-corrected chi connectivity index (χ2v) is 5.07. The molecular weight excluding hydrogens is 262 g/mol. The van der Waals surface area contributed by atoms with E-state index in [1.807, 2.05) is 7.05 Å². The van der Waals surface area contributed by atoms with Gasteiger partial charge in [-0.25, -0.2) is 4.79 Å². The van der Waals surface area contributed by atoms with Crippen molar-refractivity contribution in [2.45, 2.75) is 25.8 Å². The lowest BCUT2D eigenvalue weighted by Gasteiger charge is -2.32. The smallest absolute Gasteiger partial charge is 0.317 e. The highest BCUT2D eigenvalue weighted by molar-refractivity contribution is 5.74. The number of nitrogens with one attached hydrogen (secondary N) is 1. The predicted molar refractivity (Wildman–Crippen MR) is 69.8 cm³/mol. The van der Waals surface area contributed by atoms with Gasteiger partial charge in [0.15, 0.2) is 5.82 Å². The van der Waals surface area contributed by atoms with E-state index in [4.69, 9.17) is 5.11 Å². The van der Waals surface area contributed by atoms with Gasteiger partial charge in [-0.15, -0.1) is 10.2 Å². The van der Waals surface area contributed by atoms with Crippen molar-refractivity contribution in [1.29, 1.82) is 0 Å². The van der Waals surface area contributed by atoms with Crippen molar-refractivity contribution < 1.29 is 14.7 Å². The Balaban J connectivity index is 1.82. The van der Waals surface area contributed by atoms with E-state index in [9.17, 15) is 9.59 Å². The van der Waals surface area contributed by atoms with Crippen molar-refractivity contribution in [1.82, 2.24) is 25.0 Å². The SMILES string of the molecule is Cn1cnnc1CNC(=O)N1CCCC(CC(=O)O)C1. The zero-order chi connectivity index (χ0) is 14.5. The highest BCUT2D eigenvalue weighted by Crippen LogP contribution is 2.19. The minimum atomic E-state index is -0.809. The van der Waals surface area contributed by atoms with Gasteiger partial charge in [0.05, 0.1) is 6.54 Å². The van der Waals surface area contributed by atoms with Gasteiger partial charge in [0.25, 0.3) is 0 Å². The van der Waals surface area contributed by atoms with Crippen LogP contribution in [-0.4, -0.2) is 49.9 Å². The molecule has 8 heteroatoms. The fourth-order valence-corrected chi connectivity index (χ4v) is 2.40. The number of rotatable bonds is 4. The Morgan fingerprint density at radius 2 is 2.35 bits per heavy atom. The first-order valence-electron chi connectivity index (χ1n) is 6.63. The third kappa shape index (κ3) is 3.69. The van der Waals surface area contributed by atoms with Gasteiger partial charge in [-0.3, -0.25) is 4.79 Å². The van der Waals surface area contributed by atoms with Crippen molar-refractivity contribution in [3.63, 3.8) is 0 Å². The maximum Gasteiger partial charge on any atom is 0.317 e. The standard InChI is InChI=1S/C12H19N5O3/c1-16-8-14-15-10(16)6-13-12(20)17-4-2-3-9(7-17)5-11(18)19/h8-9H,2-7H2,1H3,(H,13,20)(H,18,19). The third-order valence-corrected chi connectivity index (χ3v) is 3.47. The molecule has 2 heterocycles. The van der Waals surface area contributed by atoms with E-state index in [1.165, 1.54) is 0 Å². The highest BCUT2D eigenvalue weighted by Gasteiger charge is 2.25. The summed E-state index contributed by atoms with van der Waals surface area (Å²) in [7, 11) is 1.81. The number of nitrogens with zero attached hydrogens (tertiary/aromatic N) is 4. The second-order valence-electron chi connectivity index (χ2n) is 5.07. The molecule has 0 spiro atoms. The number of amides is 2. The van der Waals surface area contributed by atoms with Crippen molar-refractivity contribution >= 4 is 12.0 Å². The predicted octanol–water partition coefficient (Wildman–Crippen LogP) is 0.211. The number of aliphatic carboxylic acids is 1. The number of hydrogen-bond donors (Lipinski definition) is 2. The Morgan fingerprint density at radius 1 is 1.55 bits per heavy atom. The molecule has 0 radical (unpaired) electrons. The zero-order valence-corrected chi connectivity index (χ0v) is 11.4. The van der Waals surface area contributed by atoms with Crippen LogP contribution in [0.15, 0.2) is 6.33 Å². The largest absolute Gasteiger partial charge is 0.481 e. The fraction of sp³-hybridized carbons (Fsp3) is 0.667. The van der Waals surface area contributed by atoms with Crippen LogP contribution in [0.1, 0.15) is 25.1 Å². The number of piperidine rings is 1. The van der Waals surface area contributed by atoms with Gasteiger partial charge in [-0.2, -0.15) is 0 Å². The van der Waals surface area contributed by atoms with Crippen molar-refractivity contribution in [2.24, 2.45) is 13.0 Å². The molecule has 1 unspecified atom stereocenters. The summed E-state index contributed by atoms with van der Waals surface area (Å²) >= 11 is 0. The second kappa shape index (κ2) is 6.36. The van der Waals surface area contributed by atoms with Gasteiger partial charge in [-0.1, -0.05) is 0 Å². The van der Waals surface area contributed by atoms with Gasteiger partial charge in [0.1, 0.15) is 6.33 Å². The highest BCUT2D eigenvalue weighted by atomic mass is 16.4. The summed E-state index contributed by atoms with van der Waals surface area (Å²) in [6.07, 6.45) is 3.40. The van der Waals surface area contributed by atoms with Crippen LogP contribution in [0, 0.1) is 5.92 Å². The quantitative estimate of drug-likeness (QED) is 0.821. The van der Waals surface area contributed by atoms with E-state index >= 15 is 0 Å². The summed E-state index contributed by atoms with van der Waals surface area (Å²) in [5.41, 5.74) is 0. The van der Waals surface area contributed by atoms with Gasteiger partial charge >= 0.3 is 12.0 Å². The number of urea groups is 1. The van der Waals surface area contributed by atoms with E-state index in [-0.39, 0.29) is 18.4 Å². The van der Waals surface area contributed by atoms with Crippen molar-refractivity contribution in [2.75, 3.05) is 13.1 Å². The molecule has 1 fully saturated rings. The first kappa shape index (κ1) is 14.3. The van der Waals surface area contributed by atoms with Crippen LogP contribution in [0.5, 0.6) is 0 Å². The van der Waals surface area contributed by atoms with Crippen LogP contribution >= 0.6 is 0 Å². The van der Waals surface area contributed by atoms with Crippen LogP contribution in [0.2, 0.25) is 0 Å². The van der Waals surface area contributed by atoms with Gasteiger partial charge < -0.3 is 19.9 Å². The van der Waals surface area contributed by atoms with Gasteiger partial charge in [0, 0.05) is 26.6 Å². The number of hydrogen-bond acceptors (Lipinski definition) is 4. The molecule has 8 nitrogen and oxygen atoms in total. The number of aryl methyl sites for hydroxylation is 1. The molecular formula is C12H19N5O3. The van der Waals surface area contributed by atoms with Crippen molar-refractivity contribution in [3.05, 3.63) is 12.2 Å². The minimum Gasteiger partial charge on any atom is -0.481 e. The van der Waals surface area contributed by atoms with E-state index in [0.717, 1.165) is 12.8 Å². The molecule has 110 valence electrons. The number of carbonyl (C=O) groups is 2. The van der Waals surface area contributed by atoms with Crippen LogP contribution in [0.4, 0.5) is 4.79 Å². The van der Waals surface area contributed by atoms with Crippen LogP contribution < -0.4 is 5.32 Å². The third-order valence-electron chi connectivity index (χ3n) is 3.47. The first-order chi connectivity index (χ1) is 9.56. The van der Waals surface area contributed by atoms with Gasteiger partial charge in [-0.05, 0) is 18.8 Å². The normalized spacial score (nSPS) is 18.9. The number of aromatic nitrogens is 3. The monoisotopic (exact) mass is 281 g/mol. The molecule has 0 aliphatic carbocycles. The lowest BCUT2D eigenvalue weighted by atomic mass is 9.95. The van der Waals surface area contributed by atoms with Crippen LogP contribution in [0.3, 0.4) is 0 Å². The average molecular weight is 281 g/mol. The molecule has 2 amide bonds. The Hall–Kier alpha value is -2.12. The average Bonchev–Trinajstić information content (AvgIpc) is 2.81. The molecule has 0 saturated carbocycles. The summed E-state index contributed by atoms with van der Waals surface area (Å²) in [5, 5.41) is 19.2. The summed E-state index contributed by atoms with van der Waals surface area (Å²) in [6.45, 7) is 1.48. The molecule has 1 aromatic rings. The Bertz CT molecular complexity index is 487. The first-order valence-corrected chi connectivity index (χ1v) is 6.63. The van der Waals surface area contributed by atoms with Crippen molar-refractivity contribution in [3.8, 4) is 0 Å². The number of likely N-dealkylation sites (tertiary alicyclic amines) is 1. The summed E-state index contributed by atoms with van der Waals surface area (Å²) < 4.78 is 1.74. The molecule has 2 rings (SSSR count). The molecule has 1 aromatic heterocycles. The molecule has 1 aliphatic heterocycles. The number of carboxylic acid groups (broad SMARTS) is 1. The molecule has 1 atom stereocenters. The van der Waals surface area contributed by atoms with E-state index in [0.29, 0.717) is 25.5 Å².